The minimum Gasteiger partial charge on any atom is -0.418 e. The summed E-state index contributed by atoms with van der Waals surface area (Å²) in [4.78, 5) is 11.5. The summed E-state index contributed by atoms with van der Waals surface area (Å²) in [6, 6.07) is 0.891. The summed E-state index contributed by atoms with van der Waals surface area (Å²) in [6.07, 6.45) is -0.754. The molecule has 142 valence electrons. The zero-order valence-electron chi connectivity index (χ0n) is 14.2. The number of halogens is 5. The molecule has 10 heteroatoms. The maximum Gasteiger partial charge on any atom is 0.443 e. The molecule has 1 rings (SSSR count). The summed E-state index contributed by atoms with van der Waals surface area (Å²) in [5.74, 6) is -9.08. The lowest BCUT2D eigenvalue weighted by Crippen LogP contribution is -2.31. The molecule has 0 saturated carbocycles. The van der Waals surface area contributed by atoms with Gasteiger partial charge in [0.1, 0.15) is 0 Å². The number of benzene rings is 1. The van der Waals surface area contributed by atoms with Crippen LogP contribution >= 0.6 is 0 Å². The number of hydrogen-bond acceptors (Lipinski definition) is 3. The molecule has 4 nitrogen and oxygen atoms in total. The standard InChI is InChI=1S/C15H20F5NO3Si/c1-4-23-25(2,3)8-6-5-7-21(20)15(22)24-11-9-10(16)12(17)14(19)13(11)18/h9H,4-8H2,1-3H3. The van der Waals surface area contributed by atoms with E-state index in [9.17, 15) is 26.8 Å². The maximum atomic E-state index is 13.6. The number of carbonyl (C=O) groups is 1. The van der Waals surface area contributed by atoms with Gasteiger partial charge in [-0.05, 0) is 32.5 Å². The van der Waals surface area contributed by atoms with E-state index in [1.54, 1.807) is 0 Å². The van der Waals surface area contributed by atoms with E-state index in [0.717, 1.165) is 6.04 Å². The van der Waals surface area contributed by atoms with E-state index in [1.807, 2.05) is 20.0 Å². The topological polar surface area (TPSA) is 38.8 Å². The third-order valence-corrected chi connectivity index (χ3v) is 6.01. The second-order valence-electron chi connectivity index (χ2n) is 5.90. The quantitative estimate of drug-likeness (QED) is 0.159. The molecule has 1 aromatic carbocycles. The Morgan fingerprint density at radius 3 is 2.36 bits per heavy atom. The minimum atomic E-state index is -2.14. The van der Waals surface area contributed by atoms with Gasteiger partial charge in [-0.3, -0.25) is 0 Å². The van der Waals surface area contributed by atoms with Crippen LogP contribution in [0.25, 0.3) is 0 Å². The average Bonchev–Trinajstić information content (AvgIpc) is 2.54. The van der Waals surface area contributed by atoms with Crippen molar-refractivity contribution >= 4 is 14.4 Å². The fourth-order valence-electron chi connectivity index (χ4n) is 2.12. The van der Waals surface area contributed by atoms with Crippen molar-refractivity contribution in [1.82, 2.24) is 5.12 Å². The first-order valence-electron chi connectivity index (χ1n) is 7.71. The Morgan fingerprint density at radius 1 is 1.12 bits per heavy atom. The molecule has 0 spiro atoms. The van der Waals surface area contributed by atoms with Crippen LogP contribution in [0.1, 0.15) is 19.8 Å². The first kappa shape index (κ1) is 21.4. The molecule has 25 heavy (non-hydrogen) atoms. The van der Waals surface area contributed by atoms with Gasteiger partial charge in [-0.2, -0.15) is 4.39 Å². The van der Waals surface area contributed by atoms with E-state index in [-0.39, 0.29) is 17.7 Å². The van der Waals surface area contributed by atoms with Crippen LogP contribution < -0.4 is 4.74 Å². The van der Waals surface area contributed by atoms with Crippen LogP contribution in [0.2, 0.25) is 19.1 Å². The zero-order valence-corrected chi connectivity index (χ0v) is 15.2. The van der Waals surface area contributed by atoms with Gasteiger partial charge < -0.3 is 9.16 Å². The first-order valence-corrected chi connectivity index (χ1v) is 10.8. The van der Waals surface area contributed by atoms with E-state index < -0.39 is 43.4 Å². The van der Waals surface area contributed by atoms with Crippen LogP contribution in [0.3, 0.4) is 0 Å². The molecule has 0 saturated heterocycles. The Hall–Kier alpha value is -1.68. The van der Waals surface area contributed by atoms with Crippen molar-refractivity contribution in [2.45, 2.75) is 38.9 Å². The predicted octanol–water partition coefficient (Wildman–Crippen LogP) is 4.95. The lowest BCUT2D eigenvalue weighted by Gasteiger charge is -2.21. The van der Waals surface area contributed by atoms with Crippen molar-refractivity contribution in [3.63, 3.8) is 0 Å². The van der Waals surface area contributed by atoms with Gasteiger partial charge in [0.2, 0.25) is 11.6 Å². The van der Waals surface area contributed by atoms with E-state index in [2.05, 4.69) is 4.74 Å². The molecule has 0 fully saturated rings. The molecule has 0 heterocycles. The number of rotatable bonds is 8. The van der Waals surface area contributed by atoms with Gasteiger partial charge in [-0.25, -0.2) is 18.0 Å². The van der Waals surface area contributed by atoms with E-state index in [0.29, 0.717) is 19.4 Å². The fourth-order valence-corrected chi connectivity index (χ4v) is 4.15. The van der Waals surface area contributed by atoms with Gasteiger partial charge in [-0.1, -0.05) is 10.9 Å². The summed E-state index contributed by atoms with van der Waals surface area (Å²) < 4.78 is 75.7. The van der Waals surface area contributed by atoms with E-state index in [4.69, 9.17) is 4.43 Å². The lowest BCUT2D eigenvalue weighted by atomic mass is 10.3. The summed E-state index contributed by atoms with van der Waals surface area (Å²) in [5, 5.41) is -0.339. The number of hydrogen-bond donors (Lipinski definition) is 0. The van der Waals surface area contributed by atoms with Crippen molar-refractivity contribution in [1.29, 1.82) is 0 Å². The van der Waals surface area contributed by atoms with Gasteiger partial charge in [0.15, 0.2) is 25.7 Å². The van der Waals surface area contributed by atoms with Crippen LogP contribution in [0.5, 0.6) is 5.75 Å². The lowest BCUT2D eigenvalue weighted by molar-refractivity contribution is 0.0350. The van der Waals surface area contributed by atoms with Crippen LogP contribution in [0.15, 0.2) is 6.07 Å². The van der Waals surface area contributed by atoms with Gasteiger partial charge >= 0.3 is 6.09 Å². The molecule has 0 aliphatic rings. The first-order chi connectivity index (χ1) is 11.6. The predicted molar refractivity (Wildman–Crippen MR) is 83.3 cm³/mol. The normalized spacial score (nSPS) is 11.5. The molecular formula is C15H20F5NO3Si. The van der Waals surface area contributed by atoms with Gasteiger partial charge in [0.05, 0.1) is 6.54 Å². The minimum absolute atomic E-state index is 0.135. The SMILES string of the molecule is CCO[Si](C)(C)CCCCN(F)C(=O)Oc1cc(F)c(F)c(F)c1F. The number of amides is 1. The van der Waals surface area contributed by atoms with Crippen molar-refractivity contribution in [2.24, 2.45) is 0 Å². The third kappa shape index (κ3) is 6.27. The molecule has 0 atom stereocenters. The second kappa shape index (κ2) is 9.14. The fraction of sp³-hybridized carbons (Fsp3) is 0.533. The highest BCUT2D eigenvalue weighted by atomic mass is 28.4. The average molecular weight is 385 g/mol. The summed E-state index contributed by atoms with van der Waals surface area (Å²) in [5.41, 5.74) is 0. The summed E-state index contributed by atoms with van der Waals surface area (Å²) in [6.45, 7) is 6.16. The molecular weight excluding hydrogens is 365 g/mol. The number of nitrogens with zero attached hydrogens (tertiary/aromatic N) is 1. The van der Waals surface area contributed by atoms with Gasteiger partial charge in [0.25, 0.3) is 0 Å². The highest BCUT2D eigenvalue weighted by Gasteiger charge is 2.25. The summed E-state index contributed by atoms with van der Waals surface area (Å²) in [7, 11) is -1.81. The molecule has 0 aromatic heterocycles. The Kier molecular flexibility index (Phi) is 7.81. The second-order valence-corrected chi connectivity index (χ2v) is 10.2. The van der Waals surface area contributed by atoms with Gasteiger partial charge in [0, 0.05) is 12.7 Å². The Morgan fingerprint density at radius 2 is 1.76 bits per heavy atom. The number of unbranched alkanes of at least 4 members (excludes halogenated alkanes) is 1. The van der Waals surface area contributed by atoms with Crippen LogP contribution in [-0.2, 0) is 4.43 Å². The van der Waals surface area contributed by atoms with Crippen molar-refractivity contribution < 1.29 is 36.0 Å². The molecule has 0 radical (unpaired) electrons. The van der Waals surface area contributed by atoms with Crippen LogP contribution in [-0.4, -0.2) is 32.7 Å². The largest absolute Gasteiger partial charge is 0.443 e. The van der Waals surface area contributed by atoms with Gasteiger partial charge in [-0.15, -0.1) is 5.12 Å². The smallest absolute Gasteiger partial charge is 0.418 e. The van der Waals surface area contributed by atoms with E-state index in [1.165, 1.54) is 0 Å². The molecule has 1 aromatic rings. The van der Waals surface area contributed by atoms with Crippen molar-refractivity contribution in [3.8, 4) is 5.75 Å². The molecule has 0 N–H and O–H groups in total. The van der Waals surface area contributed by atoms with Crippen LogP contribution in [0, 0.1) is 23.3 Å². The Balaban J connectivity index is 2.53. The summed E-state index contributed by atoms with van der Waals surface area (Å²) >= 11 is 0. The molecule has 0 bridgehead atoms. The van der Waals surface area contributed by atoms with Crippen molar-refractivity contribution in [3.05, 3.63) is 29.3 Å². The zero-order chi connectivity index (χ0) is 19.2. The molecule has 0 unspecified atom stereocenters. The Labute approximate surface area is 143 Å². The highest BCUT2D eigenvalue weighted by molar-refractivity contribution is 6.71. The van der Waals surface area contributed by atoms with Crippen LogP contribution in [0.4, 0.5) is 26.8 Å². The molecule has 0 aliphatic carbocycles. The molecule has 1 amide bonds. The number of ether oxygens (including phenoxy) is 1. The monoisotopic (exact) mass is 385 g/mol. The number of carbonyl (C=O) groups excluding carboxylic acids is 1. The molecule has 0 aliphatic heterocycles. The maximum absolute atomic E-state index is 13.6. The van der Waals surface area contributed by atoms with E-state index >= 15 is 0 Å². The highest BCUT2D eigenvalue weighted by Crippen LogP contribution is 2.25. The van der Waals surface area contributed by atoms with Crippen molar-refractivity contribution in [2.75, 3.05) is 13.2 Å². The Bertz CT molecular complexity index is 615. The third-order valence-electron chi connectivity index (χ3n) is 3.38.